The summed E-state index contributed by atoms with van der Waals surface area (Å²) >= 11 is 0. The lowest BCUT2D eigenvalue weighted by atomic mass is 10.1. The Bertz CT molecular complexity index is 267. The standard InChI is InChI=1S/C4F10.ClHO2S/c5-1(6,3(9,10)11)2(7,8)4(12,13)14;1-4(2)3/h;(H,2,3)/p-1. The van der Waals surface area contributed by atoms with Gasteiger partial charge in [-0.05, 0) is 10.7 Å². The molecule has 0 saturated carbocycles. The van der Waals surface area contributed by atoms with Crippen molar-refractivity contribution in [1.29, 1.82) is 0 Å². The Kier molecular flexibility index (Phi) is 6.42. The van der Waals surface area contributed by atoms with Crippen LogP contribution in [0.1, 0.15) is 0 Å². The third-order valence-electron chi connectivity index (χ3n) is 1.11. The fourth-order valence-electron chi connectivity index (χ4n) is 0.356. The molecule has 0 N–H and O–H groups in total. The van der Waals surface area contributed by atoms with E-state index >= 15 is 0 Å². The average Bonchev–Trinajstić information content (AvgIpc) is 1.97. The molecule has 0 heterocycles. The fraction of sp³-hybridized carbons (Fsp3) is 1.00. The number of hydrogen-bond acceptors (Lipinski definition) is 2. The van der Waals surface area contributed by atoms with E-state index in [-0.39, 0.29) is 0 Å². The Labute approximate surface area is 98.7 Å². The smallest absolute Gasteiger partial charge is 0.460 e. The van der Waals surface area contributed by atoms with Gasteiger partial charge >= 0.3 is 24.2 Å². The zero-order valence-electron chi connectivity index (χ0n) is 7.38. The van der Waals surface area contributed by atoms with Gasteiger partial charge in [-0.1, -0.05) is 0 Å². The van der Waals surface area contributed by atoms with Crippen LogP contribution in [0.2, 0.25) is 0 Å². The zero-order valence-corrected chi connectivity index (χ0v) is 8.95. The molecule has 0 rings (SSSR count). The van der Waals surface area contributed by atoms with Crippen LogP contribution in [-0.4, -0.2) is 33.0 Å². The largest absolute Gasteiger partial charge is 0.760 e. The molecule has 0 spiro atoms. The minimum atomic E-state index is -7.14. The van der Waals surface area contributed by atoms with Crippen molar-refractivity contribution in [3.63, 3.8) is 0 Å². The molecular formula is C4ClF10O2S-. The predicted octanol–water partition coefficient (Wildman–Crippen LogP) is 3.40. The molecule has 0 bridgehead atoms. The molecule has 0 aromatic rings. The first-order valence-corrected chi connectivity index (χ1v) is 5.03. The number of rotatable bonds is 1. The number of halogens is 11. The summed E-state index contributed by atoms with van der Waals surface area (Å²) in [6.07, 6.45) is -13.9. The second-order valence-electron chi connectivity index (χ2n) is 2.34. The predicted molar refractivity (Wildman–Crippen MR) is 36.8 cm³/mol. The number of alkyl halides is 10. The minimum Gasteiger partial charge on any atom is -0.760 e. The number of hydrogen-bond donors (Lipinski definition) is 0. The Morgan fingerprint density at radius 3 is 0.889 bits per heavy atom. The van der Waals surface area contributed by atoms with Crippen molar-refractivity contribution in [2.45, 2.75) is 24.2 Å². The van der Waals surface area contributed by atoms with E-state index in [1.807, 2.05) is 0 Å². The van der Waals surface area contributed by atoms with Crippen LogP contribution in [0.4, 0.5) is 43.9 Å². The highest BCUT2D eigenvalue weighted by Gasteiger charge is 2.82. The van der Waals surface area contributed by atoms with Crippen molar-refractivity contribution in [3.05, 3.63) is 0 Å². The Balaban J connectivity index is 0. The SMILES string of the molecule is FC(F)(F)C(F)(F)C(F)(F)C(F)(F)F.O=S([O-])Cl. The summed E-state index contributed by atoms with van der Waals surface area (Å²) in [5, 5.41) is 0. The summed E-state index contributed by atoms with van der Waals surface area (Å²) in [4.78, 5) is 0. The van der Waals surface area contributed by atoms with Gasteiger partial charge in [-0.15, -0.1) is 0 Å². The third kappa shape index (κ3) is 4.76. The van der Waals surface area contributed by atoms with Crippen molar-refractivity contribution in [2.24, 2.45) is 0 Å². The molecule has 14 heteroatoms. The summed E-state index contributed by atoms with van der Waals surface area (Å²) in [6, 6.07) is 0. The van der Waals surface area contributed by atoms with Crippen LogP contribution in [0.25, 0.3) is 0 Å². The molecule has 18 heavy (non-hydrogen) atoms. The molecule has 112 valence electrons. The van der Waals surface area contributed by atoms with E-state index in [1.54, 1.807) is 0 Å². The molecule has 1 unspecified atom stereocenters. The average molecular weight is 338 g/mol. The van der Waals surface area contributed by atoms with E-state index in [9.17, 15) is 43.9 Å². The van der Waals surface area contributed by atoms with Gasteiger partial charge in [0.2, 0.25) is 0 Å². The molecule has 2 nitrogen and oxygen atoms in total. The maximum absolute atomic E-state index is 11.6. The lowest BCUT2D eigenvalue weighted by Gasteiger charge is -2.29. The van der Waals surface area contributed by atoms with E-state index in [4.69, 9.17) is 8.76 Å². The van der Waals surface area contributed by atoms with Crippen LogP contribution < -0.4 is 0 Å². The highest BCUT2D eigenvalue weighted by atomic mass is 35.7. The molecule has 0 aromatic carbocycles. The maximum atomic E-state index is 11.6. The monoisotopic (exact) mass is 337 g/mol. The summed E-state index contributed by atoms with van der Waals surface area (Å²) in [7, 11) is 1.80. The molecule has 0 aliphatic heterocycles. The molecule has 0 fully saturated rings. The van der Waals surface area contributed by atoms with Gasteiger partial charge in [0.25, 0.3) is 0 Å². The van der Waals surface area contributed by atoms with Gasteiger partial charge < -0.3 is 4.55 Å². The van der Waals surface area contributed by atoms with Gasteiger partial charge in [0, 0.05) is 10.3 Å². The van der Waals surface area contributed by atoms with Crippen LogP contribution >= 0.6 is 10.7 Å². The first-order valence-electron chi connectivity index (χ1n) is 3.13. The van der Waals surface area contributed by atoms with E-state index in [0.717, 1.165) is 0 Å². The second-order valence-corrected chi connectivity index (χ2v) is 3.48. The Morgan fingerprint density at radius 2 is 0.833 bits per heavy atom. The van der Waals surface area contributed by atoms with Gasteiger partial charge in [-0.25, -0.2) is 0 Å². The maximum Gasteiger partial charge on any atom is 0.460 e. The van der Waals surface area contributed by atoms with E-state index < -0.39 is 34.5 Å². The van der Waals surface area contributed by atoms with Crippen LogP contribution in [0.5, 0.6) is 0 Å². The molecule has 0 radical (unpaired) electrons. The zero-order chi connectivity index (χ0) is 15.6. The minimum absolute atomic E-state index is 2.39. The summed E-state index contributed by atoms with van der Waals surface area (Å²) in [5.41, 5.74) is 0. The van der Waals surface area contributed by atoms with Crippen LogP contribution in [-0.2, 0) is 10.3 Å². The molecule has 0 aliphatic carbocycles. The van der Waals surface area contributed by atoms with Crippen molar-refractivity contribution in [1.82, 2.24) is 0 Å². The lowest BCUT2D eigenvalue weighted by Crippen LogP contribution is -2.59. The first-order chi connectivity index (χ1) is 7.48. The van der Waals surface area contributed by atoms with Crippen molar-refractivity contribution >= 4 is 21.0 Å². The van der Waals surface area contributed by atoms with Gasteiger partial charge in [0.15, 0.2) is 0 Å². The molecular weight excluding hydrogens is 338 g/mol. The summed E-state index contributed by atoms with van der Waals surface area (Å²) in [6.45, 7) is 0. The third-order valence-corrected chi connectivity index (χ3v) is 1.11. The second kappa shape index (κ2) is 5.77. The van der Waals surface area contributed by atoms with Crippen LogP contribution in [0.15, 0.2) is 0 Å². The summed E-state index contributed by atoms with van der Waals surface area (Å²) in [5.74, 6) is -14.3. The highest BCUT2D eigenvalue weighted by molar-refractivity contribution is 8.03. The quantitative estimate of drug-likeness (QED) is 0.418. The molecule has 0 aliphatic rings. The van der Waals surface area contributed by atoms with Gasteiger partial charge in [-0.3, -0.25) is 4.21 Å². The molecule has 1 atom stereocenters. The van der Waals surface area contributed by atoms with Crippen LogP contribution in [0.3, 0.4) is 0 Å². The first kappa shape index (κ1) is 20.0. The van der Waals surface area contributed by atoms with E-state index in [1.165, 1.54) is 0 Å². The van der Waals surface area contributed by atoms with Gasteiger partial charge in [0.1, 0.15) is 0 Å². The topological polar surface area (TPSA) is 40.1 Å². The fourth-order valence-corrected chi connectivity index (χ4v) is 0.356. The van der Waals surface area contributed by atoms with Crippen molar-refractivity contribution in [2.75, 3.05) is 0 Å². The Hall–Kier alpha value is -0.300. The van der Waals surface area contributed by atoms with Crippen LogP contribution in [0, 0.1) is 0 Å². The lowest BCUT2D eigenvalue weighted by molar-refractivity contribution is -0.419. The van der Waals surface area contributed by atoms with E-state index in [2.05, 4.69) is 10.7 Å². The van der Waals surface area contributed by atoms with Crippen molar-refractivity contribution < 1.29 is 52.7 Å². The normalized spacial score (nSPS) is 15.8. The molecule has 0 aromatic heterocycles. The summed E-state index contributed by atoms with van der Waals surface area (Å²) < 4.78 is 131. The van der Waals surface area contributed by atoms with Gasteiger partial charge in [-0.2, -0.15) is 43.9 Å². The Morgan fingerprint density at radius 1 is 0.722 bits per heavy atom. The molecule has 0 saturated heterocycles. The van der Waals surface area contributed by atoms with Gasteiger partial charge in [0.05, 0.1) is 0 Å². The molecule has 0 amide bonds. The highest BCUT2D eigenvalue weighted by Crippen LogP contribution is 2.53. The van der Waals surface area contributed by atoms with Crippen molar-refractivity contribution in [3.8, 4) is 0 Å². The van der Waals surface area contributed by atoms with E-state index in [0.29, 0.717) is 0 Å².